The number of nitrogens with zero attached hydrogens (tertiary/aromatic N) is 2. The Hall–Kier alpha value is -3.02. The van der Waals surface area contributed by atoms with Crippen molar-refractivity contribution in [1.82, 2.24) is 10.3 Å². The van der Waals surface area contributed by atoms with Crippen LogP contribution in [0.5, 0.6) is 11.5 Å². The van der Waals surface area contributed by atoms with Crippen LogP contribution in [0.25, 0.3) is 0 Å². The highest BCUT2D eigenvalue weighted by molar-refractivity contribution is 5.46. The molecule has 0 bridgehead atoms. The van der Waals surface area contributed by atoms with E-state index in [1.54, 1.807) is 21.3 Å². The lowest BCUT2D eigenvalue weighted by Gasteiger charge is -2.37. The Morgan fingerprint density at radius 3 is 2.38 bits per heavy atom. The zero-order valence-corrected chi connectivity index (χ0v) is 15.4. The maximum absolute atomic E-state index is 5.42. The van der Waals surface area contributed by atoms with Gasteiger partial charge in [0.05, 0.1) is 33.2 Å². The highest BCUT2D eigenvalue weighted by Gasteiger charge is 2.18. The number of anilines is 1. The molecule has 26 heavy (non-hydrogen) atoms. The lowest BCUT2D eigenvalue weighted by atomic mass is 10.1. The van der Waals surface area contributed by atoms with E-state index >= 15 is 0 Å². The second kappa shape index (κ2) is 8.38. The molecule has 0 aromatic heterocycles. The van der Waals surface area contributed by atoms with E-state index in [0.29, 0.717) is 5.88 Å². The fourth-order valence-corrected chi connectivity index (χ4v) is 2.88. The molecule has 3 rings (SSSR count). The molecule has 2 aromatic carbocycles. The first-order chi connectivity index (χ1) is 12.7. The fraction of sp³-hybridized carbons (Fsp3) is 0.300. The van der Waals surface area contributed by atoms with Crippen LogP contribution in [0.4, 0.5) is 5.69 Å². The zero-order valence-electron chi connectivity index (χ0n) is 15.4. The number of ether oxygens (including phenoxy) is 3. The highest BCUT2D eigenvalue weighted by atomic mass is 16.5. The largest absolute Gasteiger partial charge is 0.493 e. The molecule has 0 amide bonds. The molecule has 138 valence electrons. The van der Waals surface area contributed by atoms with Crippen molar-refractivity contribution in [2.24, 2.45) is 0 Å². The summed E-state index contributed by atoms with van der Waals surface area (Å²) in [5, 5.41) is 2.06. The van der Waals surface area contributed by atoms with Crippen molar-refractivity contribution in [2.75, 3.05) is 39.6 Å². The second-order valence-corrected chi connectivity index (χ2v) is 5.97. The van der Waals surface area contributed by atoms with Crippen molar-refractivity contribution in [1.29, 1.82) is 0 Å². The minimum atomic E-state index is 0.715. The molecule has 0 fully saturated rings. The summed E-state index contributed by atoms with van der Waals surface area (Å²) in [5.41, 5.74) is 5.56. The SMILES string of the molecule is COC1=CN(CCc2ccc(OC)c(OC)c2)CN(c2ccccc2)N1. The number of nitrogens with one attached hydrogen (secondary N) is 1. The molecule has 0 saturated carbocycles. The van der Waals surface area contributed by atoms with Gasteiger partial charge < -0.3 is 19.1 Å². The van der Waals surface area contributed by atoms with Gasteiger partial charge in [-0.25, -0.2) is 0 Å². The highest BCUT2D eigenvalue weighted by Crippen LogP contribution is 2.28. The summed E-state index contributed by atoms with van der Waals surface area (Å²) >= 11 is 0. The molecule has 1 heterocycles. The van der Waals surface area contributed by atoms with Gasteiger partial charge in [-0.05, 0) is 36.2 Å². The average Bonchev–Trinajstić information content (AvgIpc) is 2.72. The zero-order chi connectivity index (χ0) is 18.4. The van der Waals surface area contributed by atoms with Crippen LogP contribution in [0.2, 0.25) is 0 Å². The van der Waals surface area contributed by atoms with Crippen LogP contribution in [0.1, 0.15) is 5.56 Å². The third-order valence-corrected chi connectivity index (χ3v) is 4.29. The van der Waals surface area contributed by atoms with E-state index in [1.807, 2.05) is 36.5 Å². The number of para-hydroxylation sites is 1. The number of rotatable bonds is 7. The van der Waals surface area contributed by atoms with E-state index in [0.717, 1.165) is 36.8 Å². The van der Waals surface area contributed by atoms with Crippen molar-refractivity contribution in [2.45, 2.75) is 6.42 Å². The third kappa shape index (κ3) is 4.14. The summed E-state index contributed by atoms with van der Waals surface area (Å²) in [6, 6.07) is 16.2. The molecule has 6 nitrogen and oxygen atoms in total. The van der Waals surface area contributed by atoms with Gasteiger partial charge in [-0.3, -0.25) is 10.4 Å². The average molecular weight is 355 g/mol. The predicted octanol–water partition coefficient (Wildman–Crippen LogP) is 2.98. The van der Waals surface area contributed by atoms with E-state index in [2.05, 4.69) is 33.5 Å². The molecule has 0 saturated heterocycles. The number of methoxy groups -OCH3 is 3. The predicted molar refractivity (Wildman–Crippen MR) is 102 cm³/mol. The minimum absolute atomic E-state index is 0.715. The minimum Gasteiger partial charge on any atom is -0.493 e. The van der Waals surface area contributed by atoms with Gasteiger partial charge in [0.1, 0.15) is 6.67 Å². The topological polar surface area (TPSA) is 46.2 Å². The number of hydrazine groups is 1. The van der Waals surface area contributed by atoms with Gasteiger partial charge in [0.25, 0.3) is 0 Å². The van der Waals surface area contributed by atoms with E-state index < -0.39 is 0 Å². The molecule has 0 atom stereocenters. The van der Waals surface area contributed by atoms with Gasteiger partial charge in [0.2, 0.25) is 5.88 Å². The normalized spacial score (nSPS) is 13.7. The summed E-state index contributed by atoms with van der Waals surface area (Å²) < 4.78 is 16.1. The van der Waals surface area contributed by atoms with Crippen LogP contribution in [0.15, 0.2) is 60.6 Å². The molecule has 0 aliphatic carbocycles. The lowest BCUT2D eigenvalue weighted by Crippen LogP contribution is -2.49. The van der Waals surface area contributed by atoms with E-state index in [1.165, 1.54) is 5.56 Å². The molecule has 1 aliphatic rings. The Labute approximate surface area is 154 Å². The van der Waals surface area contributed by atoms with Crippen molar-refractivity contribution in [3.8, 4) is 11.5 Å². The van der Waals surface area contributed by atoms with E-state index in [9.17, 15) is 0 Å². The van der Waals surface area contributed by atoms with Crippen molar-refractivity contribution < 1.29 is 14.2 Å². The molecule has 0 radical (unpaired) electrons. The third-order valence-electron chi connectivity index (χ3n) is 4.29. The first-order valence-electron chi connectivity index (χ1n) is 8.53. The summed E-state index contributed by atoms with van der Waals surface area (Å²) in [4.78, 5) is 2.22. The first-order valence-corrected chi connectivity index (χ1v) is 8.53. The van der Waals surface area contributed by atoms with Gasteiger partial charge in [0.15, 0.2) is 11.5 Å². The Bertz CT molecular complexity index is 749. The molecule has 1 N–H and O–H groups in total. The number of hydrogen-bond acceptors (Lipinski definition) is 6. The van der Waals surface area contributed by atoms with Crippen LogP contribution in [0, 0.1) is 0 Å². The van der Waals surface area contributed by atoms with Crippen LogP contribution in [0.3, 0.4) is 0 Å². The van der Waals surface area contributed by atoms with Crippen molar-refractivity contribution >= 4 is 5.69 Å². The molecular weight excluding hydrogens is 330 g/mol. The Morgan fingerprint density at radius 2 is 1.69 bits per heavy atom. The van der Waals surface area contributed by atoms with Gasteiger partial charge in [-0.1, -0.05) is 24.3 Å². The standard InChI is InChI=1S/C20H25N3O3/c1-24-18-10-9-16(13-19(18)25-2)11-12-22-14-20(26-3)21-23(15-22)17-7-5-4-6-8-17/h4-10,13-14,21H,11-12,15H2,1-3H3. The van der Waals surface area contributed by atoms with Crippen LogP contribution in [-0.2, 0) is 11.2 Å². The van der Waals surface area contributed by atoms with Crippen LogP contribution in [-0.4, -0.2) is 39.4 Å². The summed E-state index contributed by atoms with van der Waals surface area (Å²) in [5.74, 6) is 2.21. The van der Waals surface area contributed by atoms with E-state index in [-0.39, 0.29) is 0 Å². The fourth-order valence-electron chi connectivity index (χ4n) is 2.88. The van der Waals surface area contributed by atoms with Crippen molar-refractivity contribution in [3.05, 3.63) is 66.2 Å². The van der Waals surface area contributed by atoms with Crippen molar-refractivity contribution in [3.63, 3.8) is 0 Å². The molecule has 1 aliphatic heterocycles. The van der Waals surface area contributed by atoms with Gasteiger partial charge in [-0.15, -0.1) is 0 Å². The Balaban J connectivity index is 1.68. The van der Waals surface area contributed by atoms with Gasteiger partial charge >= 0.3 is 0 Å². The lowest BCUT2D eigenvalue weighted by molar-refractivity contribution is 0.211. The second-order valence-electron chi connectivity index (χ2n) is 5.97. The molecular formula is C20H25N3O3. The summed E-state index contributed by atoms with van der Waals surface area (Å²) in [6.45, 7) is 1.58. The Morgan fingerprint density at radius 1 is 0.923 bits per heavy atom. The Kier molecular flexibility index (Phi) is 5.73. The smallest absolute Gasteiger partial charge is 0.222 e. The molecule has 2 aromatic rings. The quantitative estimate of drug-likeness (QED) is 0.824. The first kappa shape index (κ1) is 17.8. The molecule has 0 spiro atoms. The van der Waals surface area contributed by atoms with Crippen LogP contribution < -0.4 is 19.9 Å². The monoisotopic (exact) mass is 355 g/mol. The van der Waals surface area contributed by atoms with Gasteiger partial charge in [-0.2, -0.15) is 0 Å². The summed E-state index contributed by atoms with van der Waals surface area (Å²) in [6.07, 6.45) is 2.89. The van der Waals surface area contributed by atoms with Crippen LogP contribution >= 0.6 is 0 Å². The maximum atomic E-state index is 5.42. The van der Waals surface area contributed by atoms with E-state index in [4.69, 9.17) is 14.2 Å². The molecule has 0 unspecified atom stereocenters. The number of benzene rings is 2. The molecule has 6 heteroatoms. The summed E-state index contributed by atoms with van der Waals surface area (Å²) in [7, 11) is 4.97. The maximum Gasteiger partial charge on any atom is 0.222 e. The van der Waals surface area contributed by atoms with Gasteiger partial charge in [0, 0.05) is 6.54 Å². The number of hydrogen-bond donors (Lipinski definition) is 1.